The van der Waals surface area contributed by atoms with Crippen LogP contribution >= 0.6 is 0 Å². The van der Waals surface area contributed by atoms with E-state index in [1.165, 1.54) is 5.56 Å². The molecule has 2 aliphatic rings. The fourth-order valence-corrected chi connectivity index (χ4v) is 4.28. The van der Waals surface area contributed by atoms with Crippen molar-refractivity contribution in [3.8, 4) is 0 Å². The fraction of sp³-hybridized carbons (Fsp3) is 0.500. The summed E-state index contributed by atoms with van der Waals surface area (Å²) in [7, 11) is 0. The Hall–Kier alpha value is -2.72. The first-order valence-corrected chi connectivity index (χ1v) is 11.7. The van der Waals surface area contributed by atoms with E-state index in [0.29, 0.717) is 23.4 Å². The van der Waals surface area contributed by atoms with Gasteiger partial charge in [0, 0.05) is 63.0 Å². The molecule has 1 aliphatic carbocycles. The number of hydrogen-bond acceptors (Lipinski definition) is 9. The molecule has 4 heterocycles. The molecular weight excluding hydrogens is 418 g/mol. The van der Waals surface area contributed by atoms with Gasteiger partial charge in [0.1, 0.15) is 5.82 Å². The molecule has 1 saturated carbocycles. The van der Waals surface area contributed by atoms with Gasteiger partial charge in [-0.3, -0.25) is 14.8 Å². The largest absolute Gasteiger partial charge is 0.395 e. The van der Waals surface area contributed by atoms with Crippen molar-refractivity contribution in [2.24, 2.45) is 0 Å². The first kappa shape index (κ1) is 22.1. The van der Waals surface area contributed by atoms with Crippen LogP contribution in [0.15, 0.2) is 30.6 Å². The Labute approximate surface area is 193 Å². The van der Waals surface area contributed by atoms with E-state index in [1.54, 1.807) is 13.1 Å². The third-order valence-corrected chi connectivity index (χ3v) is 6.36. The van der Waals surface area contributed by atoms with Crippen molar-refractivity contribution in [2.75, 3.05) is 44.6 Å². The highest BCUT2D eigenvalue weighted by Gasteiger charge is 2.29. The lowest BCUT2D eigenvalue weighted by Crippen LogP contribution is -2.46. The molecule has 1 unspecified atom stereocenters. The van der Waals surface area contributed by atoms with Crippen LogP contribution in [0.5, 0.6) is 0 Å². The Morgan fingerprint density at radius 3 is 2.52 bits per heavy atom. The van der Waals surface area contributed by atoms with Crippen molar-refractivity contribution in [1.29, 1.82) is 0 Å². The minimum absolute atomic E-state index is 0.223. The Morgan fingerprint density at radius 1 is 1.06 bits per heavy atom. The molecule has 0 spiro atoms. The summed E-state index contributed by atoms with van der Waals surface area (Å²) in [6.45, 7) is 7.56. The van der Waals surface area contributed by atoms with Crippen molar-refractivity contribution in [3.63, 3.8) is 0 Å². The molecule has 9 heteroatoms. The second-order valence-corrected chi connectivity index (χ2v) is 9.03. The number of pyridine rings is 2. The summed E-state index contributed by atoms with van der Waals surface area (Å²) in [4.78, 5) is 23.2. The van der Waals surface area contributed by atoms with Crippen LogP contribution in [-0.4, -0.2) is 79.3 Å². The quantitative estimate of drug-likeness (QED) is 0.477. The fourth-order valence-electron chi connectivity index (χ4n) is 4.28. The van der Waals surface area contributed by atoms with Gasteiger partial charge in [0.2, 0.25) is 5.95 Å². The number of hydrogen-bond donors (Lipinski definition) is 3. The van der Waals surface area contributed by atoms with E-state index < -0.39 is 6.10 Å². The van der Waals surface area contributed by atoms with Crippen LogP contribution < -0.4 is 5.32 Å². The number of nitrogens with zero attached hydrogens (tertiary/aromatic N) is 6. The van der Waals surface area contributed by atoms with Gasteiger partial charge in [-0.05, 0) is 37.5 Å². The standard InChI is InChI=1S/C24H31N7O2/c1-16(33)20-12-19-14-26-24(29-23(19)22(27-20)18-3-4-18)28-21-5-2-17(13-25-21)15-31-8-6-30(7-9-31)10-11-32/h2,5,12-14,16,18,32-33H,3-4,6-11,15H2,1H3,(H,25,26,28,29). The normalized spacial score (nSPS) is 18.5. The predicted octanol–water partition coefficient (Wildman–Crippen LogP) is 2.20. The minimum Gasteiger partial charge on any atom is -0.395 e. The highest BCUT2D eigenvalue weighted by molar-refractivity contribution is 5.82. The molecule has 3 aromatic heterocycles. The molecule has 0 bridgehead atoms. The van der Waals surface area contributed by atoms with Crippen LogP contribution in [0.2, 0.25) is 0 Å². The van der Waals surface area contributed by atoms with Crippen LogP contribution in [0, 0.1) is 0 Å². The van der Waals surface area contributed by atoms with Crippen LogP contribution in [0.25, 0.3) is 10.9 Å². The summed E-state index contributed by atoms with van der Waals surface area (Å²) < 4.78 is 0. The molecule has 0 radical (unpaired) electrons. The molecule has 1 aliphatic heterocycles. The van der Waals surface area contributed by atoms with Crippen LogP contribution in [0.1, 0.15) is 48.7 Å². The van der Waals surface area contributed by atoms with Crippen molar-refractivity contribution in [3.05, 3.63) is 47.5 Å². The molecule has 174 valence electrons. The lowest BCUT2D eigenvalue weighted by molar-refractivity contribution is 0.108. The molecule has 1 saturated heterocycles. The molecular formula is C24H31N7O2. The molecule has 3 aromatic rings. The predicted molar refractivity (Wildman–Crippen MR) is 126 cm³/mol. The molecule has 2 fully saturated rings. The second-order valence-electron chi connectivity index (χ2n) is 9.03. The van der Waals surface area contributed by atoms with E-state index in [1.807, 2.05) is 18.3 Å². The van der Waals surface area contributed by atoms with Gasteiger partial charge in [-0.25, -0.2) is 15.0 Å². The highest BCUT2D eigenvalue weighted by Crippen LogP contribution is 2.42. The smallest absolute Gasteiger partial charge is 0.228 e. The van der Waals surface area contributed by atoms with Gasteiger partial charge < -0.3 is 15.5 Å². The number of fused-ring (bicyclic) bond motifs is 1. The molecule has 33 heavy (non-hydrogen) atoms. The number of β-amino-alcohol motifs (C(OH)–C–C–N with tert-alkyl or cyclic N) is 1. The average molecular weight is 450 g/mol. The zero-order valence-corrected chi connectivity index (χ0v) is 19.0. The Kier molecular flexibility index (Phi) is 6.45. The van der Waals surface area contributed by atoms with Crippen LogP contribution in [0.4, 0.5) is 11.8 Å². The van der Waals surface area contributed by atoms with Crippen LogP contribution in [-0.2, 0) is 6.54 Å². The minimum atomic E-state index is -0.614. The zero-order valence-electron chi connectivity index (χ0n) is 19.0. The topological polar surface area (TPSA) is 111 Å². The molecule has 0 amide bonds. The van der Waals surface area contributed by atoms with Gasteiger partial charge in [-0.2, -0.15) is 0 Å². The molecule has 5 rings (SSSR count). The lowest BCUT2D eigenvalue weighted by Gasteiger charge is -2.34. The zero-order chi connectivity index (χ0) is 22.8. The van der Waals surface area contributed by atoms with E-state index in [2.05, 4.69) is 36.1 Å². The van der Waals surface area contributed by atoms with Gasteiger partial charge in [0.05, 0.1) is 29.6 Å². The van der Waals surface area contributed by atoms with E-state index >= 15 is 0 Å². The number of aliphatic hydroxyl groups is 2. The number of aliphatic hydroxyl groups excluding tert-OH is 2. The Balaban J connectivity index is 1.26. The maximum absolute atomic E-state index is 9.98. The molecule has 3 N–H and O–H groups in total. The molecule has 1 atom stereocenters. The first-order chi connectivity index (χ1) is 16.1. The molecule has 9 nitrogen and oxygen atoms in total. The number of anilines is 2. The first-order valence-electron chi connectivity index (χ1n) is 11.7. The number of rotatable bonds is 8. The van der Waals surface area contributed by atoms with E-state index in [4.69, 9.17) is 10.1 Å². The van der Waals surface area contributed by atoms with Gasteiger partial charge in [0.25, 0.3) is 0 Å². The number of piperazine rings is 1. The van der Waals surface area contributed by atoms with E-state index in [0.717, 1.165) is 68.7 Å². The summed E-state index contributed by atoms with van der Waals surface area (Å²) >= 11 is 0. The average Bonchev–Trinajstić information content (AvgIpc) is 3.66. The van der Waals surface area contributed by atoms with E-state index in [-0.39, 0.29) is 6.61 Å². The summed E-state index contributed by atoms with van der Waals surface area (Å²) in [5.74, 6) is 1.61. The lowest BCUT2D eigenvalue weighted by atomic mass is 10.1. The summed E-state index contributed by atoms with van der Waals surface area (Å²) in [6.07, 6.45) is 5.29. The van der Waals surface area contributed by atoms with Crippen molar-refractivity contribution >= 4 is 22.7 Å². The van der Waals surface area contributed by atoms with E-state index in [9.17, 15) is 5.11 Å². The summed E-state index contributed by atoms with van der Waals surface area (Å²) in [5, 5.41) is 23.2. The van der Waals surface area contributed by atoms with Crippen molar-refractivity contribution < 1.29 is 10.2 Å². The van der Waals surface area contributed by atoms with Gasteiger partial charge in [-0.1, -0.05) is 6.07 Å². The maximum Gasteiger partial charge on any atom is 0.228 e. The second kappa shape index (κ2) is 9.64. The maximum atomic E-state index is 9.98. The highest BCUT2D eigenvalue weighted by atomic mass is 16.3. The Bertz CT molecular complexity index is 1090. The van der Waals surface area contributed by atoms with Crippen LogP contribution in [0.3, 0.4) is 0 Å². The number of nitrogens with one attached hydrogen (secondary N) is 1. The van der Waals surface area contributed by atoms with Gasteiger partial charge in [0.15, 0.2) is 0 Å². The van der Waals surface area contributed by atoms with Crippen molar-refractivity contribution in [2.45, 2.75) is 38.3 Å². The van der Waals surface area contributed by atoms with Gasteiger partial charge >= 0.3 is 0 Å². The molecule has 0 aromatic carbocycles. The summed E-state index contributed by atoms with van der Waals surface area (Å²) in [6, 6.07) is 5.91. The monoisotopic (exact) mass is 449 g/mol. The summed E-state index contributed by atoms with van der Waals surface area (Å²) in [5.41, 5.74) is 3.63. The van der Waals surface area contributed by atoms with Crippen molar-refractivity contribution in [1.82, 2.24) is 29.7 Å². The Morgan fingerprint density at radius 2 is 1.85 bits per heavy atom. The number of aromatic nitrogens is 4. The third-order valence-electron chi connectivity index (χ3n) is 6.36. The van der Waals surface area contributed by atoms with Gasteiger partial charge in [-0.15, -0.1) is 0 Å². The third kappa shape index (κ3) is 5.27. The SMILES string of the molecule is CC(O)c1cc2cnc(Nc3ccc(CN4CCN(CCO)CC4)cn3)nc2c(C2CC2)n1.